The maximum absolute atomic E-state index is 13.2. The largest absolute Gasteiger partial charge is 0.488 e. The molecular weight excluding hydrogens is 486 g/mol. The molecule has 5 heteroatoms. The Kier molecular flexibility index (Phi) is 8.18. The van der Waals surface area contributed by atoms with Crippen molar-refractivity contribution in [3.8, 4) is 5.75 Å². The highest BCUT2D eigenvalue weighted by Gasteiger charge is 2.38. The minimum Gasteiger partial charge on any atom is -0.488 e. The van der Waals surface area contributed by atoms with E-state index in [-0.39, 0.29) is 18.2 Å². The lowest BCUT2D eigenvalue weighted by atomic mass is 9.92. The molecule has 0 aromatic heterocycles. The van der Waals surface area contributed by atoms with E-state index in [9.17, 15) is 4.79 Å². The number of ether oxygens (including phenoxy) is 3. The second kappa shape index (κ2) is 11.9. The third-order valence-corrected chi connectivity index (χ3v) is 6.93. The van der Waals surface area contributed by atoms with Crippen LogP contribution >= 0.6 is 0 Å². The quantitative estimate of drug-likeness (QED) is 0.246. The van der Waals surface area contributed by atoms with E-state index in [1.165, 1.54) is 0 Å². The van der Waals surface area contributed by atoms with Gasteiger partial charge in [0.15, 0.2) is 0 Å². The molecule has 5 rings (SSSR count). The van der Waals surface area contributed by atoms with E-state index in [1.54, 1.807) is 0 Å². The molecule has 4 aromatic rings. The first-order valence-electron chi connectivity index (χ1n) is 13.7. The highest BCUT2D eigenvalue weighted by Crippen LogP contribution is 2.36. The van der Waals surface area contributed by atoms with Gasteiger partial charge in [-0.2, -0.15) is 0 Å². The molecule has 0 radical (unpaired) electrons. The zero-order chi connectivity index (χ0) is 27.2. The molecule has 2 atom stereocenters. The smallest absolute Gasteiger partial charge is 0.410 e. The van der Waals surface area contributed by atoms with Crippen LogP contribution in [0.3, 0.4) is 0 Å². The third kappa shape index (κ3) is 6.79. The fourth-order valence-electron chi connectivity index (χ4n) is 5.18. The molecule has 202 valence electrons. The predicted molar refractivity (Wildman–Crippen MR) is 155 cm³/mol. The number of hydrogen-bond donors (Lipinski definition) is 0. The van der Waals surface area contributed by atoms with Crippen LogP contribution in [0.4, 0.5) is 4.79 Å². The van der Waals surface area contributed by atoms with Gasteiger partial charge in [-0.3, -0.25) is 4.90 Å². The van der Waals surface area contributed by atoms with Gasteiger partial charge in [-0.05, 0) is 67.8 Å². The van der Waals surface area contributed by atoms with Crippen LogP contribution in [0.25, 0.3) is 10.8 Å². The van der Waals surface area contributed by atoms with Gasteiger partial charge in [-0.15, -0.1) is 0 Å². The normalized spacial score (nSPS) is 17.7. The van der Waals surface area contributed by atoms with Crippen molar-refractivity contribution in [1.82, 2.24) is 4.90 Å². The molecule has 4 aromatic carbocycles. The van der Waals surface area contributed by atoms with Gasteiger partial charge in [0.1, 0.15) is 18.0 Å². The summed E-state index contributed by atoms with van der Waals surface area (Å²) in [6.45, 7) is 7.26. The Morgan fingerprint density at radius 1 is 0.846 bits per heavy atom. The first-order chi connectivity index (χ1) is 18.9. The van der Waals surface area contributed by atoms with Crippen molar-refractivity contribution in [1.29, 1.82) is 0 Å². The average molecular weight is 524 g/mol. The first kappa shape index (κ1) is 26.8. The predicted octanol–water partition coefficient (Wildman–Crippen LogP) is 8.08. The number of carbonyl (C=O) groups excluding carboxylic acids is 1. The summed E-state index contributed by atoms with van der Waals surface area (Å²) in [5.41, 5.74) is 2.66. The number of fused-ring (bicyclic) bond motifs is 1. The molecule has 0 saturated carbocycles. The Morgan fingerprint density at radius 2 is 1.54 bits per heavy atom. The van der Waals surface area contributed by atoms with Crippen molar-refractivity contribution in [2.24, 2.45) is 0 Å². The highest BCUT2D eigenvalue weighted by molar-refractivity contribution is 5.89. The van der Waals surface area contributed by atoms with E-state index < -0.39 is 5.60 Å². The van der Waals surface area contributed by atoms with E-state index in [1.807, 2.05) is 74.2 Å². The van der Waals surface area contributed by atoms with Gasteiger partial charge >= 0.3 is 6.09 Å². The number of hydrogen-bond acceptors (Lipinski definition) is 4. The van der Waals surface area contributed by atoms with Crippen LogP contribution in [0.1, 0.15) is 56.3 Å². The third-order valence-electron chi connectivity index (χ3n) is 6.93. The van der Waals surface area contributed by atoms with Gasteiger partial charge < -0.3 is 14.2 Å². The number of piperidine rings is 1. The molecule has 1 aliphatic heterocycles. The van der Waals surface area contributed by atoms with Gasteiger partial charge in [0.05, 0.1) is 18.8 Å². The summed E-state index contributed by atoms with van der Waals surface area (Å²) in [5, 5.41) is 2.19. The van der Waals surface area contributed by atoms with Crippen LogP contribution in [0, 0.1) is 0 Å². The fourth-order valence-corrected chi connectivity index (χ4v) is 5.18. The van der Waals surface area contributed by atoms with Crippen molar-refractivity contribution in [3.63, 3.8) is 0 Å². The van der Waals surface area contributed by atoms with E-state index >= 15 is 0 Å². The summed E-state index contributed by atoms with van der Waals surface area (Å²) in [4.78, 5) is 15.1. The zero-order valence-corrected chi connectivity index (χ0v) is 23.0. The number of carbonyl (C=O) groups is 1. The van der Waals surface area contributed by atoms with Crippen molar-refractivity contribution in [3.05, 3.63) is 114 Å². The summed E-state index contributed by atoms with van der Waals surface area (Å²) in [7, 11) is 0. The van der Waals surface area contributed by atoms with Crippen LogP contribution in [0.5, 0.6) is 5.75 Å². The fraction of sp³-hybridized carbons (Fsp3) is 0.324. The van der Waals surface area contributed by atoms with E-state index in [2.05, 4.69) is 48.5 Å². The van der Waals surface area contributed by atoms with Gasteiger partial charge in [0.2, 0.25) is 0 Å². The molecule has 0 N–H and O–H groups in total. The summed E-state index contributed by atoms with van der Waals surface area (Å²) < 4.78 is 18.7. The lowest BCUT2D eigenvalue weighted by Crippen LogP contribution is -2.47. The molecule has 5 nitrogen and oxygen atoms in total. The number of benzene rings is 4. The Balaban J connectivity index is 1.38. The monoisotopic (exact) mass is 523 g/mol. The molecular formula is C34H37NO4. The second-order valence-electron chi connectivity index (χ2n) is 11.1. The molecule has 0 aliphatic carbocycles. The number of likely N-dealkylation sites (tertiary alicyclic amines) is 1. The van der Waals surface area contributed by atoms with Crippen LogP contribution in [-0.4, -0.2) is 29.2 Å². The van der Waals surface area contributed by atoms with Gasteiger partial charge in [-0.1, -0.05) is 84.9 Å². The lowest BCUT2D eigenvalue weighted by Gasteiger charge is -2.41. The molecule has 1 amide bonds. The number of nitrogens with zero attached hydrogens (tertiary/aromatic N) is 1. The maximum Gasteiger partial charge on any atom is 0.410 e. The van der Waals surface area contributed by atoms with Gasteiger partial charge in [0.25, 0.3) is 0 Å². The minimum absolute atomic E-state index is 0.158. The molecule has 39 heavy (non-hydrogen) atoms. The van der Waals surface area contributed by atoms with Gasteiger partial charge in [-0.25, -0.2) is 4.79 Å². The van der Waals surface area contributed by atoms with Crippen molar-refractivity contribution in [2.45, 2.75) is 64.6 Å². The molecule has 1 saturated heterocycles. The topological polar surface area (TPSA) is 48.0 Å². The van der Waals surface area contributed by atoms with Crippen molar-refractivity contribution < 1.29 is 19.0 Å². The SMILES string of the molecule is CC(C)(C)OC(=O)N1CCCC(OCc2cc(OCc3ccccc3)c3ccccc3c2)C1c1ccccc1. The average Bonchev–Trinajstić information content (AvgIpc) is 2.94. The molecule has 0 spiro atoms. The summed E-state index contributed by atoms with van der Waals surface area (Å²) >= 11 is 0. The van der Waals surface area contributed by atoms with Crippen LogP contribution in [0.2, 0.25) is 0 Å². The Hall–Kier alpha value is -3.83. The minimum atomic E-state index is -0.562. The van der Waals surface area contributed by atoms with E-state index in [4.69, 9.17) is 14.2 Å². The molecule has 2 unspecified atom stereocenters. The Morgan fingerprint density at radius 3 is 2.28 bits per heavy atom. The zero-order valence-electron chi connectivity index (χ0n) is 23.0. The summed E-state index contributed by atoms with van der Waals surface area (Å²) in [5.74, 6) is 0.842. The lowest BCUT2D eigenvalue weighted by molar-refractivity contribution is -0.0600. The van der Waals surface area contributed by atoms with Crippen molar-refractivity contribution >= 4 is 16.9 Å². The molecule has 1 heterocycles. The van der Waals surface area contributed by atoms with Crippen LogP contribution in [-0.2, 0) is 22.7 Å². The molecule has 0 bridgehead atoms. The standard InChI is InChI=1S/C34H37NO4/c1-34(2,3)39-33(36)35-20-12-19-30(32(35)27-15-8-5-9-16-27)37-24-26-21-28-17-10-11-18-29(28)31(22-26)38-23-25-13-6-4-7-14-25/h4-11,13-18,21-22,30,32H,12,19-20,23-24H2,1-3H3. The van der Waals surface area contributed by atoms with Crippen LogP contribution < -0.4 is 4.74 Å². The number of amides is 1. The first-order valence-corrected chi connectivity index (χ1v) is 13.7. The van der Waals surface area contributed by atoms with Gasteiger partial charge in [0, 0.05) is 11.9 Å². The van der Waals surface area contributed by atoms with E-state index in [0.29, 0.717) is 19.8 Å². The molecule has 1 aliphatic rings. The summed E-state index contributed by atoms with van der Waals surface area (Å²) in [6, 6.07) is 32.6. The maximum atomic E-state index is 13.2. The number of rotatable bonds is 7. The Bertz CT molecular complexity index is 1380. The Labute approximate surface area is 231 Å². The summed E-state index contributed by atoms with van der Waals surface area (Å²) in [6.07, 6.45) is 1.26. The van der Waals surface area contributed by atoms with E-state index in [0.717, 1.165) is 46.1 Å². The second-order valence-corrected chi connectivity index (χ2v) is 11.1. The van der Waals surface area contributed by atoms with Crippen molar-refractivity contribution in [2.75, 3.05) is 6.54 Å². The van der Waals surface area contributed by atoms with Crippen LogP contribution in [0.15, 0.2) is 97.1 Å². The molecule has 1 fully saturated rings. The highest BCUT2D eigenvalue weighted by atomic mass is 16.6.